The van der Waals surface area contributed by atoms with Gasteiger partial charge in [-0.05, 0) is 74.6 Å². The van der Waals surface area contributed by atoms with Crippen LogP contribution in [0.15, 0.2) is 41.3 Å². The summed E-state index contributed by atoms with van der Waals surface area (Å²) in [5.74, 6) is 0.0707. The fourth-order valence-corrected chi connectivity index (χ4v) is 9.18. The number of aromatic hydroxyl groups is 1. The Morgan fingerprint density at radius 3 is 2.71 bits per heavy atom. The third-order valence-electron chi connectivity index (χ3n) is 11.6. The number of nitrogens with one attached hydrogen (secondary N) is 2. The average Bonchev–Trinajstić information content (AvgIpc) is 3.69. The molecule has 270 valence electrons. The fourth-order valence-electron chi connectivity index (χ4n) is 9.18. The molecule has 2 aromatic carbocycles. The van der Waals surface area contributed by atoms with Crippen LogP contribution >= 0.6 is 0 Å². The number of benzene rings is 2. The van der Waals surface area contributed by atoms with E-state index in [4.69, 9.17) is 14.5 Å². The van der Waals surface area contributed by atoms with Crippen molar-refractivity contribution in [1.29, 1.82) is 0 Å². The van der Waals surface area contributed by atoms with Crippen LogP contribution in [0.4, 0.5) is 9.18 Å². The number of piperazine rings is 1. The summed E-state index contributed by atoms with van der Waals surface area (Å²) in [6.07, 6.45) is 7.28. The highest BCUT2D eigenvalue weighted by Crippen LogP contribution is 2.43. The molecule has 4 aliphatic rings. The lowest BCUT2D eigenvalue weighted by atomic mass is 9.82. The van der Waals surface area contributed by atoms with Crippen LogP contribution in [0, 0.1) is 5.82 Å². The fraction of sp³-hybridized carbons (Fsp3) is 0.526. The first-order chi connectivity index (χ1) is 24.6. The van der Waals surface area contributed by atoms with E-state index in [1.807, 2.05) is 6.92 Å². The minimum Gasteiger partial charge on any atom is -0.508 e. The van der Waals surface area contributed by atoms with Crippen molar-refractivity contribution in [1.82, 2.24) is 35.2 Å². The third-order valence-corrected chi connectivity index (χ3v) is 11.6. The summed E-state index contributed by atoms with van der Waals surface area (Å²) in [6, 6.07) is 8.48. The van der Waals surface area contributed by atoms with Crippen LogP contribution in [0.3, 0.4) is 0 Å². The van der Waals surface area contributed by atoms with E-state index in [9.17, 15) is 14.7 Å². The molecule has 4 aliphatic heterocycles. The van der Waals surface area contributed by atoms with Crippen LogP contribution < -0.4 is 20.9 Å². The number of fused-ring (bicyclic) bond motifs is 5. The monoisotopic (exact) mass is 699 g/mol. The molecule has 4 fully saturated rings. The predicted molar refractivity (Wildman–Crippen MR) is 191 cm³/mol. The lowest BCUT2D eigenvalue weighted by Crippen LogP contribution is -2.58. The van der Waals surface area contributed by atoms with E-state index in [1.165, 1.54) is 21.7 Å². The lowest BCUT2D eigenvalue weighted by Gasteiger charge is -2.40. The smallest absolute Gasteiger partial charge is 0.409 e. The van der Waals surface area contributed by atoms with E-state index < -0.39 is 0 Å². The van der Waals surface area contributed by atoms with Gasteiger partial charge in [-0.2, -0.15) is 9.78 Å². The van der Waals surface area contributed by atoms with Gasteiger partial charge in [0.25, 0.3) is 5.56 Å². The molecule has 2 bridgehead atoms. The summed E-state index contributed by atoms with van der Waals surface area (Å²) in [5, 5.41) is 24.8. The van der Waals surface area contributed by atoms with Crippen LogP contribution in [0.1, 0.15) is 62.6 Å². The van der Waals surface area contributed by atoms with E-state index in [2.05, 4.69) is 20.6 Å². The van der Waals surface area contributed by atoms with Crippen LogP contribution in [0.25, 0.3) is 27.2 Å². The molecular weight excluding hydrogens is 653 g/mol. The van der Waals surface area contributed by atoms with Crippen LogP contribution in [-0.4, -0.2) is 106 Å². The zero-order valence-electron chi connectivity index (χ0n) is 29.5. The zero-order chi connectivity index (χ0) is 35.4. The number of halogens is 1. The number of amides is 1. The summed E-state index contributed by atoms with van der Waals surface area (Å²) in [6.45, 7) is 5.26. The zero-order valence-corrected chi connectivity index (χ0v) is 29.5. The second-order valence-corrected chi connectivity index (χ2v) is 15.0. The number of hydrogen-bond acceptors (Lipinski definition) is 10. The number of pyridine rings is 1. The molecule has 51 heavy (non-hydrogen) atoms. The number of carbonyl (C=O) groups is 1. The Kier molecular flexibility index (Phi) is 8.84. The third kappa shape index (κ3) is 6.08. The van der Waals surface area contributed by atoms with Crippen molar-refractivity contribution < 1.29 is 23.8 Å². The van der Waals surface area contributed by atoms with Gasteiger partial charge in [0, 0.05) is 74.1 Å². The summed E-state index contributed by atoms with van der Waals surface area (Å²) >= 11 is 0. The van der Waals surface area contributed by atoms with Gasteiger partial charge < -0.3 is 30.1 Å². The Hall–Kier alpha value is -4.33. The largest absolute Gasteiger partial charge is 0.508 e. The van der Waals surface area contributed by atoms with E-state index >= 15 is 4.39 Å². The maximum Gasteiger partial charge on any atom is 0.409 e. The minimum atomic E-state index is -0.390. The minimum absolute atomic E-state index is 0.0408. The number of piperidine rings is 1. The molecule has 1 amide bonds. The Morgan fingerprint density at radius 2 is 1.94 bits per heavy atom. The van der Waals surface area contributed by atoms with E-state index in [0.717, 1.165) is 63.9 Å². The van der Waals surface area contributed by atoms with Gasteiger partial charge in [-0.3, -0.25) is 9.69 Å². The number of carbonyl (C=O) groups excluding carboxylic acids is 1. The van der Waals surface area contributed by atoms with Gasteiger partial charge >= 0.3 is 6.09 Å². The van der Waals surface area contributed by atoms with Crippen molar-refractivity contribution in [2.75, 3.05) is 46.9 Å². The number of aryl methyl sites for hydroxylation is 1. The molecular formula is C38H46FN7O5. The van der Waals surface area contributed by atoms with Crippen LogP contribution in [0.5, 0.6) is 11.6 Å². The number of hydrogen-bond donors (Lipinski definition) is 3. The number of ether oxygens (including phenoxy) is 2. The quantitative estimate of drug-likeness (QED) is 0.246. The van der Waals surface area contributed by atoms with Gasteiger partial charge in [0.15, 0.2) is 0 Å². The van der Waals surface area contributed by atoms with Crippen molar-refractivity contribution in [3.8, 4) is 17.3 Å². The van der Waals surface area contributed by atoms with Gasteiger partial charge in [0.1, 0.15) is 24.8 Å². The lowest BCUT2D eigenvalue weighted by molar-refractivity contribution is 0.0493. The molecule has 13 heteroatoms. The van der Waals surface area contributed by atoms with Crippen LogP contribution in [-0.2, 0) is 11.2 Å². The highest BCUT2D eigenvalue weighted by atomic mass is 19.1. The van der Waals surface area contributed by atoms with Crippen molar-refractivity contribution in [3.05, 3.63) is 64.0 Å². The molecule has 8 rings (SSSR count). The van der Waals surface area contributed by atoms with E-state index in [0.29, 0.717) is 70.4 Å². The molecule has 0 spiro atoms. The van der Waals surface area contributed by atoms with Gasteiger partial charge in [0.05, 0.1) is 28.5 Å². The Labute approximate surface area is 295 Å². The second-order valence-electron chi connectivity index (χ2n) is 15.0. The second kappa shape index (κ2) is 13.3. The van der Waals surface area contributed by atoms with Crippen molar-refractivity contribution in [3.63, 3.8) is 0 Å². The molecule has 4 saturated heterocycles. The molecule has 0 radical (unpaired) electrons. The summed E-state index contributed by atoms with van der Waals surface area (Å²) in [4.78, 5) is 35.8. The van der Waals surface area contributed by atoms with Gasteiger partial charge in [-0.25, -0.2) is 14.2 Å². The van der Waals surface area contributed by atoms with Crippen molar-refractivity contribution in [2.45, 2.75) is 81.5 Å². The summed E-state index contributed by atoms with van der Waals surface area (Å²) < 4.78 is 28.6. The molecule has 2 unspecified atom stereocenters. The van der Waals surface area contributed by atoms with Crippen LogP contribution in [0.2, 0.25) is 0 Å². The highest BCUT2D eigenvalue weighted by molar-refractivity contribution is 5.95. The number of phenolic OH excluding ortho intramolecular Hbond substituents is 1. The van der Waals surface area contributed by atoms with Gasteiger partial charge in [-0.1, -0.05) is 13.0 Å². The average molecular weight is 700 g/mol. The molecule has 3 N–H and O–H groups in total. The Morgan fingerprint density at radius 1 is 1.14 bits per heavy atom. The van der Waals surface area contributed by atoms with Gasteiger partial charge in [0.2, 0.25) is 5.88 Å². The molecule has 0 aliphatic carbocycles. The number of aromatic nitrogens is 3. The Balaban J connectivity index is 1.19. The Bertz CT molecular complexity index is 2040. The summed E-state index contributed by atoms with van der Waals surface area (Å²) in [5.41, 5.74) is 0.989. The standard InChI is InChI=1S/C38H46FN7O5/c1-4-28-31(39)7-6-22-14-27(47)15-32(34(22)28)46-36(48)29-16-33(43-35(30(29)19-41-46)23-12-24-17-40-18-25(13-23)42-24)51-21-38-9-5-11-45(38)26(8-10-38)20-50-37(49)44(2)3/h6-7,14-16,19,23-26,40,42,47H,4-5,8-13,17-18,20-21H2,1-3H3/t23?,24?,25?,26-,38-/m1/s1. The molecule has 2 aromatic heterocycles. The van der Waals surface area contributed by atoms with E-state index in [1.54, 1.807) is 38.5 Å². The number of phenols is 1. The number of rotatable bonds is 8. The summed E-state index contributed by atoms with van der Waals surface area (Å²) in [7, 11) is 3.36. The molecule has 4 aromatic rings. The predicted octanol–water partition coefficient (Wildman–Crippen LogP) is 4.22. The maximum atomic E-state index is 15.1. The van der Waals surface area contributed by atoms with Gasteiger partial charge in [-0.15, -0.1) is 0 Å². The molecule has 4 atom stereocenters. The SMILES string of the molecule is CCc1c(F)ccc2cc(O)cc(-n3ncc4c(C5CC6CNCC(C5)N6)nc(OC[C@]56CCCN5[C@@H](COC(=O)N(C)C)CC6)cc4c3=O)c12. The first-order valence-electron chi connectivity index (χ1n) is 18.2. The van der Waals surface area contributed by atoms with E-state index in [-0.39, 0.29) is 40.7 Å². The highest BCUT2D eigenvalue weighted by Gasteiger charge is 2.50. The maximum absolute atomic E-state index is 15.1. The topological polar surface area (TPSA) is 134 Å². The molecule has 12 nitrogen and oxygen atoms in total. The normalized spacial score (nSPS) is 26.0. The molecule has 6 heterocycles. The first kappa shape index (κ1) is 33.8. The molecule has 0 saturated carbocycles. The number of nitrogens with zero attached hydrogens (tertiary/aromatic N) is 5. The van der Waals surface area contributed by atoms with Crippen molar-refractivity contribution in [2.24, 2.45) is 0 Å². The van der Waals surface area contributed by atoms with Crippen molar-refractivity contribution >= 4 is 27.6 Å². The first-order valence-corrected chi connectivity index (χ1v) is 18.2.